The highest BCUT2D eigenvalue weighted by Gasteiger charge is 2.34. The molecule has 2 rings (SSSR count). The van der Waals surface area contributed by atoms with Crippen LogP contribution < -0.4 is 11.1 Å². The molecule has 0 aromatic heterocycles. The standard InChI is InChI=1S/C15H23N3O/c1-11-8-13(9-16)10-18(11)12(2)15(19)17-14-6-4-3-5-7-14/h3-7,11-13H,8-10,16H2,1-2H3,(H,17,19). The van der Waals surface area contributed by atoms with Gasteiger partial charge in [0.2, 0.25) is 5.91 Å². The molecular weight excluding hydrogens is 238 g/mol. The van der Waals surface area contributed by atoms with Gasteiger partial charge >= 0.3 is 0 Å². The third-order valence-corrected chi connectivity index (χ3v) is 3.96. The van der Waals surface area contributed by atoms with Crippen LogP contribution in [0.15, 0.2) is 30.3 Å². The summed E-state index contributed by atoms with van der Waals surface area (Å²) in [5, 5.41) is 2.96. The molecule has 1 aliphatic heterocycles. The number of carbonyl (C=O) groups is 1. The number of nitrogens with one attached hydrogen (secondary N) is 1. The molecule has 19 heavy (non-hydrogen) atoms. The zero-order chi connectivity index (χ0) is 13.8. The average Bonchev–Trinajstić information content (AvgIpc) is 2.80. The summed E-state index contributed by atoms with van der Waals surface area (Å²) in [6.45, 7) is 5.75. The van der Waals surface area contributed by atoms with Crippen molar-refractivity contribution in [1.29, 1.82) is 0 Å². The van der Waals surface area contributed by atoms with Gasteiger partial charge in [-0.25, -0.2) is 0 Å². The van der Waals surface area contributed by atoms with Crippen molar-refractivity contribution in [2.24, 2.45) is 11.7 Å². The number of hydrogen-bond donors (Lipinski definition) is 2. The number of para-hydroxylation sites is 1. The van der Waals surface area contributed by atoms with Crippen molar-refractivity contribution in [3.63, 3.8) is 0 Å². The van der Waals surface area contributed by atoms with E-state index >= 15 is 0 Å². The van der Waals surface area contributed by atoms with Crippen LogP contribution in [-0.2, 0) is 4.79 Å². The Labute approximate surface area is 115 Å². The van der Waals surface area contributed by atoms with E-state index in [-0.39, 0.29) is 11.9 Å². The average molecular weight is 261 g/mol. The fourth-order valence-electron chi connectivity index (χ4n) is 2.80. The van der Waals surface area contributed by atoms with E-state index in [1.807, 2.05) is 37.3 Å². The molecule has 104 valence electrons. The highest BCUT2D eigenvalue weighted by atomic mass is 16.2. The molecule has 3 unspecified atom stereocenters. The number of likely N-dealkylation sites (tertiary alicyclic amines) is 1. The minimum Gasteiger partial charge on any atom is -0.330 e. The lowest BCUT2D eigenvalue weighted by molar-refractivity contribution is -0.121. The molecule has 3 N–H and O–H groups in total. The van der Waals surface area contributed by atoms with Gasteiger partial charge < -0.3 is 11.1 Å². The number of anilines is 1. The summed E-state index contributed by atoms with van der Waals surface area (Å²) in [6, 6.07) is 9.89. The summed E-state index contributed by atoms with van der Waals surface area (Å²) in [5.41, 5.74) is 6.58. The Morgan fingerprint density at radius 1 is 1.47 bits per heavy atom. The molecule has 0 radical (unpaired) electrons. The first-order valence-corrected chi connectivity index (χ1v) is 6.93. The minimum atomic E-state index is -0.119. The molecule has 0 bridgehead atoms. The second-order valence-corrected chi connectivity index (χ2v) is 5.41. The van der Waals surface area contributed by atoms with Crippen LogP contribution in [0.4, 0.5) is 5.69 Å². The van der Waals surface area contributed by atoms with E-state index in [1.54, 1.807) is 0 Å². The Hall–Kier alpha value is -1.39. The van der Waals surface area contributed by atoms with Crippen molar-refractivity contribution in [3.05, 3.63) is 30.3 Å². The lowest BCUT2D eigenvalue weighted by Gasteiger charge is -2.27. The van der Waals surface area contributed by atoms with Crippen LogP contribution in [0, 0.1) is 5.92 Å². The van der Waals surface area contributed by atoms with Gasteiger partial charge in [0.15, 0.2) is 0 Å². The Kier molecular flexibility index (Phi) is 4.56. The maximum atomic E-state index is 12.3. The summed E-state index contributed by atoms with van der Waals surface area (Å²) in [4.78, 5) is 14.5. The smallest absolute Gasteiger partial charge is 0.241 e. The van der Waals surface area contributed by atoms with Gasteiger partial charge in [0.05, 0.1) is 6.04 Å². The molecule has 0 spiro atoms. The zero-order valence-electron chi connectivity index (χ0n) is 11.7. The van der Waals surface area contributed by atoms with Crippen molar-refractivity contribution < 1.29 is 4.79 Å². The quantitative estimate of drug-likeness (QED) is 0.867. The largest absolute Gasteiger partial charge is 0.330 e. The van der Waals surface area contributed by atoms with Gasteiger partial charge in [-0.15, -0.1) is 0 Å². The molecule has 1 fully saturated rings. The summed E-state index contributed by atoms with van der Waals surface area (Å²) in [7, 11) is 0. The summed E-state index contributed by atoms with van der Waals surface area (Å²) in [5.74, 6) is 0.567. The van der Waals surface area contributed by atoms with E-state index in [0.29, 0.717) is 18.5 Å². The number of carbonyl (C=O) groups excluding carboxylic acids is 1. The monoisotopic (exact) mass is 261 g/mol. The second-order valence-electron chi connectivity index (χ2n) is 5.41. The lowest BCUT2D eigenvalue weighted by Crippen LogP contribution is -2.44. The third-order valence-electron chi connectivity index (χ3n) is 3.96. The minimum absolute atomic E-state index is 0.0516. The van der Waals surface area contributed by atoms with E-state index in [1.165, 1.54) is 0 Å². The number of amides is 1. The summed E-state index contributed by atoms with van der Waals surface area (Å²) >= 11 is 0. The summed E-state index contributed by atoms with van der Waals surface area (Å²) in [6.07, 6.45) is 1.08. The van der Waals surface area contributed by atoms with Crippen LogP contribution in [-0.4, -0.2) is 36.0 Å². The van der Waals surface area contributed by atoms with E-state index in [9.17, 15) is 4.79 Å². The highest BCUT2D eigenvalue weighted by molar-refractivity contribution is 5.94. The molecule has 4 nitrogen and oxygen atoms in total. The summed E-state index contributed by atoms with van der Waals surface area (Å²) < 4.78 is 0. The molecule has 0 saturated carbocycles. The van der Waals surface area contributed by atoms with Crippen LogP contribution in [0.25, 0.3) is 0 Å². The van der Waals surface area contributed by atoms with Crippen molar-refractivity contribution in [1.82, 2.24) is 4.90 Å². The van der Waals surface area contributed by atoms with Gasteiger partial charge in [-0.2, -0.15) is 0 Å². The van der Waals surface area contributed by atoms with Gasteiger partial charge in [-0.3, -0.25) is 9.69 Å². The molecule has 1 saturated heterocycles. The molecule has 0 aliphatic carbocycles. The molecule has 1 aliphatic rings. The van der Waals surface area contributed by atoms with Crippen LogP contribution in [0.1, 0.15) is 20.3 Å². The number of nitrogens with two attached hydrogens (primary N) is 1. The molecule has 4 heteroatoms. The van der Waals surface area contributed by atoms with Crippen LogP contribution in [0.5, 0.6) is 0 Å². The van der Waals surface area contributed by atoms with Crippen LogP contribution in [0.2, 0.25) is 0 Å². The fraction of sp³-hybridized carbons (Fsp3) is 0.533. The van der Waals surface area contributed by atoms with E-state index < -0.39 is 0 Å². The van der Waals surface area contributed by atoms with Crippen LogP contribution >= 0.6 is 0 Å². The molecule has 1 amide bonds. The fourth-order valence-corrected chi connectivity index (χ4v) is 2.80. The first-order valence-electron chi connectivity index (χ1n) is 6.93. The highest BCUT2D eigenvalue weighted by Crippen LogP contribution is 2.24. The van der Waals surface area contributed by atoms with E-state index in [0.717, 1.165) is 18.7 Å². The predicted octanol–water partition coefficient (Wildman–Crippen LogP) is 1.68. The Morgan fingerprint density at radius 3 is 2.74 bits per heavy atom. The normalized spacial score (nSPS) is 25.2. The van der Waals surface area contributed by atoms with E-state index in [4.69, 9.17) is 5.73 Å². The maximum Gasteiger partial charge on any atom is 0.241 e. The van der Waals surface area contributed by atoms with E-state index in [2.05, 4.69) is 17.1 Å². The molecule has 3 atom stereocenters. The van der Waals surface area contributed by atoms with Gasteiger partial charge in [-0.1, -0.05) is 18.2 Å². The van der Waals surface area contributed by atoms with Gasteiger partial charge in [0.1, 0.15) is 0 Å². The Bertz CT molecular complexity index is 421. The van der Waals surface area contributed by atoms with Gasteiger partial charge in [0, 0.05) is 18.3 Å². The first kappa shape index (κ1) is 14.0. The number of rotatable bonds is 4. The van der Waals surface area contributed by atoms with Crippen molar-refractivity contribution >= 4 is 11.6 Å². The second kappa shape index (κ2) is 6.17. The zero-order valence-corrected chi connectivity index (χ0v) is 11.7. The van der Waals surface area contributed by atoms with Crippen molar-refractivity contribution in [3.8, 4) is 0 Å². The third kappa shape index (κ3) is 3.33. The molecule has 1 aromatic rings. The van der Waals surface area contributed by atoms with Crippen molar-refractivity contribution in [2.45, 2.75) is 32.4 Å². The maximum absolute atomic E-state index is 12.3. The van der Waals surface area contributed by atoms with Crippen LogP contribution in [0.3, 0.4) is 0 Å². The lowest BCUT2D eigenvalue weighted by atomic mass is 10.1. The molecule has 1 aromatic carbocycles. The first-order chi connectivity index (χ1) is 9.11. The SMILES string of the molecule is CC1CC(CN)CN1C(C)C(=O)Nc1ccccc1. The van der Waals surface area contributed by atoms with Gasteiger partial charge in [-0.05, 0) is 44.9 Å². The molecule has 1 heterocycles. The Balaban J connectivity index is 1.96. The number of hydrogen-bond acceptors (Lipinski definition) is 3. The van der Waals surface area contributed by atoms with Gasteiger partial charge in [0.25, 0.3) is 0 Å². The predicted molar refractivity (Wildman–Crippen MR) is 77.9 cm³/mol. The van der Waals surface area contributed by atoms with Crippen molar-refractivity contribution in [2.75, 3.05) is 18.4 Å². The Morgan fingerprint density at radius 2 is 2.16 bits per heavy atom. The topological polar surface area (TPSA) is 58.4 Å². The molecular formula is C15H23N3O. The number of benzene rings is 1. The number of nitrogens with zero attached hydrogens (tertiary/aromatic N) is 1.